The van der Waals surface area contributed by atoms with Gasteiger partial charge in [0.2, 0.25) is 0 Å². The van der Waals surface area contributed by atoms with Crippen molar-refractivity contribution >= 4 is 0 Å². The van der Waals surface area contributed by atoms with Crippen molar-refractivity contribution in [3.05, 3.63) is 35.9 Å². The molecule has 100 valence electrons. The Morgan fingerprint density at radius 2 is 1.89 bits per heavy atom. The zero-order valence-corrected chi connectivity index (χ0v) is 11.7. The molecule has 0 spiro atoms. The van der Waals surface area contributed by atoms with Crippen molar-refractivity contribution in [2.24, 2.45) is 5.92 Å². The molecular weight excluding hydrogens is 220 g/mol. The topological polar surface area (TPSA) is 15.3 Å². The molecule has 1 heterocycles. The molecule has 18 heavy (non-hydrogen) atoms. The van der Waals surface area contributed by atoms with Crippen molar-refractivity contribution in [1.82, 2.24) is 10.2 Å². The molecule has 0 aliphatic carbocycles. The number of piperidine rings is 1. The van der Waals surface area contributed by atoms with E-state index in [0.29, 0.717) is 6.04 Å². The van der Waals surface area contributed by atoms with Crippen molar-refractivity contribution in [2.75, 3.05) is 26.7 Å². The zero-order valence-electron chi connectivity index (χ0n) is 11.7. The Morgan fingerprint density at radius 1 is 1.22 bits per heavy atom. The zero-order chi connectivity index (χ0) is 12.8. The molecule has 1 fully saturated rings. The molecule has 0 radical (unpaired) electrons. The maximum absolute atomic E-state index is 3.44. The van der Waals surface area contributed by atoms with E-state index in [2.05, 4.69) is 54.5 Å². The van der Waals surface area contributed by atoms with Gasteiger partial charge in [-0.1, -0.05) is 30.3 Å². The van der Waals surface area contributed by atoms with Crippen LogP contribution in [0.1, 0.15) is 25.3 Å². The van der Waals surface area contributed by atoms with Gasteiger partial charge in [0.1, 0.15) is 0 Å². The van der Waals surface area contributed by atoms with Gasteiger partial charge in [0, 0.05) is 12.6 Å². The van der Waals surface area contributed by atoms with Crippen LogP contribution in [0, 0.1) is 5.92 Å². The summed E-state index contributed by atoms with van der Waals surface area (Å²) in [6.07, 6.45) is 3.83. The predicted octanol–water partition coefficient (Wildman–Crippen LogP) is 2.55. The molecule has 0 bridgehead atoms. The van der Waals surface area contributed by atoms with Gasteiger partial charge in [-0.15, -0.1) is 0 Å². The Hall–Kier alpha value is -0.860. The largest absolute Gasteiger partial charge is 0.317 e. The van der Waals surface area contributed by atoms with Crippen molar-refractivity contribution < 1.29 is 0 Å². The van der Waals surface area contributed by atoms with Gasteiger partial charge >= 0.3 is 0 Å². The number of hydrogen-bond acceptors (Lipinski definition) is 2. The third-order valence-electron chi connectivity index (χ3n) is 4.13. The summed E-state index contributed by atoms with van der Waals surface area (Å²) < 4.78 is 0. The number of nitrogens with one attached hydrogen (secondary N) is 1. The van der Waals surface area contributed by atoms with Gasteiger partial charge < -0.3 is 10.2 Å². The van der Waals surface area contributed by atoms with Crippen LogP contribution in [-0.2, 0) is 6.42 Å². The van der Waals surface area contributed by atoms with Crippen LogP contribution >= 0.6 is 0 Å². The molecule has 1 N–H and O–H groups in total. The molecule has 1 atom stereocenters. The van der Waals surface area contributed by atoms with Crippen LogP contribution < -0.4 is 5.32 Å². The first-order chi connectivity index (χ1) is 8.75. The van der Waals surface area contributed by atoms with Crippen molar-refractivity contribution in [3.63, 3.8) is 0 Å². The highest BCUT2D eigenvalue weighted by Crippen LogP contribution is 2.15. The molecule has 0 amide bonds. The summed E-state index contributed by atoms with van der Waals surface area (Å²) in [6.45, 7) is 5.99. The molecule has 1 aliphatic heterocycles. The Bertz CT molecular complexity index is 330. The van der Waals surface area contributed by atoms with Crippen LogP contribution in [0.5, 0.6) is 0 Å². The summed E-state index contributed by atoms with van der Waals surface area (Å²) in [5.41, 5.74) is 1.45. The van der Waals surface area contributed by atoms with E-state index in [1.165, 1.54) is 38.0 Å². The van der Waals surface area contributed by atoms with E-state index in [9.17, 15) is 0 Å². The van der Waals surface area contributed by atoms with E-state index >= 15 is 0 Å². The van der Waals surface area contributed by atoms with E-state index in [0.717, 1.165) is 12.3 Å². The molecule has 2 rings (SSSR count). The fourth-order valence-corrected chi connectivity index (χ4v) is 2.76. The predicted molar refractivity (Wildman–Crippen MR) is 77.8 cm³/mol. The van der Waals surface area contributed by atoms with Gasteiger partial charge in [-0.05, 0) is 57.8 Å². The minimum Gasteiger partial charge on any atom is -0.317 e. The molecule has 1 unspecified atom stereocenters. The fraction of sp³-hybridized carbons (Fsp3) is 0.625. The normalized spacial score (nSPS) is 19.1. The van der Waals surface area contributed by atoms with Gasteiger partial charge in [0.25, 0.3) is 0 Å². The van der Waals surface area contributed by atoms with Gasteiger partial charge in [0.15, 0.2) is 0 Å². The van der Waals surface area contributed by atoms with Crippen molar-refractivity contribution in [1.29, 1.82) is 0 Å². The van der Waals surface area contributed by atoms with Crippen LogP contribution in [0.15, 0.2) is 30.3 Å². The summed E-state index contributed by atoms with van der Waals surface area (Å²) in [5, 5.41) is 3.44. The first-order valence-corrected chi connectivity index (χ1v) is 7.20. The Kier molecular flexibility index (Phi) is 5.21. The number of hydrogen-bond donors (Lipinski definition) is 1. The Morgan fingerprint density at radius 3 is 2.56 bits per heavy atom. The van der Waals surface area contributed by atoms with Gasteiger partial charge in [-0.2, -0.15) is 0 Å². The Balaban J connectivity index is 1.79. The monoisotopic (exact) mass is 246 g/mol. The summed E-state index contributed by atoms with van der Waals surface area (Å²) in [4.78, 5) is 2.53. The molecule has 0 saturated carbocycles. The third-order valence-corrected chi connectivity index (χ3v) is 4.13. The average molecular weight is 246 g/mol. The second-order valence-electron chi connectivity index (χ2n) is 5.67. The summed E-state index contributed by atoms with van der Waals surface area (Å²) in [7, 11) is 2.27. The second-order valence-corrected chi connectivity index (χ2v) is 5.67. The van der Waals surface area contributed by atoms with E-state index in [-0.39, 0.29) is 0 Å². The molecular formula is C16H26N2. The number of rotatable bonds is 5. The van der Waals surface area contributed by atoms with Crippen LogP contribution in [0.4, 0.5) is 0 Å². The minimum atomic E-state index is 0.627. The second kappa shape index (κ2) is 6.91. The van der Waals surface area contributed by atoms with E-state index < -0.39 is 0 Å². The lowest BCUT2D eigenvalue weighted by Gasteiger charge is -2.31. The highest BCUT2D eigenvalue weighted by Gasteiger charge is 2.17. The minimum absolute atomic E-state index is 0.627. The van der Waals surface area contributed by atoms with Crippen LogP contribution in [0.25, 0.3) is 0 Å². The van der Waals surface area contributed by atoms with E-state index in [4.69, 9.17) is 0 Å². The fourth-order valence-electron chi connectivity index (χ4n) is 2.76. The molecule has 1 saturated heterocycles. The maximum Gasteiger partial charge on any atom is 0.0104 e. The number of nitrogens with zero attached hydrogens (tertiary/aromatic N) is 1. The van der Waals surface area contributed by atoms with Crippen molar-refractivity contribution in [3.8, 4) is 0 Å². The number of benzene rings is 1. The standard InChI is InChI=1S/C16H26N2/c1-14(12-15-6-4-3-5-7-15)18(2)13-16-8-10-17-11-9-16/h3-7,14,16-17H,8-13H2,1-2H3. The maximum atomic E-state index is 3.44. The molecule has 1 aliphatic rings. The molecule has 2 nitrogen and oxygen atoms in total. The molecule has 1 aromatic rings. The van der Waals surface area contributed by atoms with Crippen LogP contribution in [0.2, 0.25) is 0 Å². The van der Waals surface area contributed by atoms with Crippen LogP contribution in [0.3, 0.4) is 0 Å². The summed E-state index contributed by atoms with van der Waals surface area (Å²) in [5.74, 6) is 0.884. The molecule has 2 heteroatoms. The first kappa shape index (κ1) is 13.6. The highest BCUT2D eigenvalue weighted by molar-refractivity contribution is 5.15. The van der Waals surface area contributed by atoms with Gasteiger partial charge in [-0.25, -0.2) is 0 Å². The van der Waals surface area contributed by atoms with Gasteiger partial charge in [-0.3, -0.25) is 0 Å². The summed E-state index contributed by atoms with van der Waals surface area (Å²) >= 11 is 0. The SMILES string of the molecule is CC(Cc1ccccc1)N(C)CC1CCNCC1. The molecule has 0 aromatic heterocycles. The quantitative estimate of drug-likeness (QED) is 0.859. The summed E-state index contributed by atoms with van der Waals surface area (Å²) in [6, 6.07) is 11.4. The van der Waals surface area contributed by atoms with Crippen LogP contribution in [-0.4, -0.2) is 37.6 Å². The van der Waals surface area contributed by atoms with E-state index in [1.807, 2.05) is 0 Å². The lowest BCUT2D eigenvalue weighted by molar-refractivity contribution is 0.194. The number of likely N-dealkylation sites (N-methyl/N-ethyl adjacent to an activating group) is 1. The van der Waals surface area contributed by atoms with E-state index in [1.54, 1.807) is 0 Å². The highest BCUT2D eigenvalue weighted by atomic mass is 15.1. The Labute approximate surface area is 111 Å². The van der Waals surface area contributed by atoms with Gasteiger partial charge in [0.05, 0.1) is 0 Å². The third kappa shape index (κ3) is 4.11. The molecule has 1 aromatic carbocycles. The first-order valence-electron chi connectivity index (χ1n) is 7.20. The van der Waals surface area contributed by atoms with Crippen molar-refractivity contribution in [2.45, 2.75) is 32.2 Å². The average Bonchev–Trinajstić information content (AvgIpc) is 2.41. The smallest absolute Gasteiger partial charge is 0.0104 e. The lowest BCUT2D eigenvalue weighted by atomic mass is 9.96. The lowest BCUT2D eigenvalue weighted by Crippen LogP contribution is -2.39.